The predicted octanol–water partition coefficient (Wildman–Crippen LogP) is 2.12. The van der Waals surface area contributed by atoms with E-state index in [4.69, 9.17) is 0 Å². The van der Waals surface area contributed by atoms with E-state index in [1.807, 2.05) is 0 Å². The van der Waals surface area contributed by atoms with Crippen LogP contribution in [-0.2, 0) is 4.79 Å². The van der Waals surface area contributed by atoms with Gasteiger partial charge in [0.15, 0.2) is 0 Å². The highest BCUT2D eigenvalue weighted by molar-refractivity contribution is 7.99. The van der Waals surface area contributed by atoms with E-state index in [9.17, 15) is 4.79 Å². The molecule has 3 nitrogen and oxygen atoms in total. The molecule has 1 amide bonds. The van der Waals surface area contributed by atoms with Gasteiger partial charge in [0.25, 0.3) is 0 Å². The lowest BCUT2D eigenvalue weighted by atomic mass is 9.94. The zero-order chi connectivity index (χ0) is 13.3. The first-order valence-electron chi connectivity index (χ1n) is 7.82. The number of carbonyl (C=O) groups is 1. The van der Waals surface area contributed by atoms with Gasteiger partial charge >= 0.3 is 0 Å². The average Bonchev–Trinajstić information content (AvgIpc) is 3.00. The average molecular weight is 282 g/mol. The van der Waals surface area contributed by atoms with E-state index in [2.05, 4.69) is 28.9 Å². The van der Waals surface area contributed by atoms with Crippen molar-refractivity contribution in [3.05, 3.63) is 0 Å². The summed E-state index contributed by atoms with van der Waals surface area (Å²) in [6, 6.07) is 0. The second-order valence-corrected chi connectivity index (χ2v) is 7.79. The van der Waals surface area contributed by atoms with Crippen molar-refractivity contribution < 1.29 is 4.79 Å². The van der Waals surface area contributed by atoms with Gasteiger partial charge in [0.1, 0.15) is 0 Å². The fraction of sp³-hybridized carbons (Fsp3) is 0.933. The first-order chi connectivity index (χ1) is 9.21. The maximum Gasteiger partial charge on any atom is 0.223 e. The van der Waals surface area contributed by atoms with Crippen LogP contribution in [0, 0.1) is 11.8 Å². The third-order valence-electron chi connectivity index (χ3n) is 5.25. The number of nitrogens with one attached hydrogen (secondary N) is 1. The van der Waals surface area contributed by atoms with E-state index in [-0.39, 0.29) is 5.54 Å². The molecular formula is C15H26N2OS. The minimum atomic E-state index is 0.286. The number of nitrogens with zero attached hydrogens (tertiary/aromatic N) is 1. The molecule has 4 heteroatoms. The molecule has 1 saturated heterocycles. The number of carbonyl (C=O) groups excluding carboxylic acids is 1. The van der Waals surface area contributed by atoms with Gasteiger partial charge in [-0.1, -0.05) is 19.8 Å². The molecule has 0 radical (unpaired) electrons. The normalized spacial score (nSPS) is 34.2. The number of rotatable bonds is 4. The molecule has 0 bridgehead atoms. The number of amides is 1. The quantitative estimate of drug-likeness (QED) is 0.857. The molecule has 0 spiro atoms. The minimum absolute atomic E-state index is 0.286. The Morgan fingerprint density at radius 2 is 1.95 bits per heavy atom. The van der Waals surface area contributed by atoms with Gasteiger partial charge in [0.05, 0.1) is 0 Å². The van der Waals surface area contributed by atoms with Gasteiger partial charge in [0, 0.05) is 42.6 Å². The Kier molecular flexibility index (Phi) is 4.08. The van der Waals surface area contributed by atoms with E-state index in [1.165, 1.54) is 50.3 Å². The molecular weight excluding hydrogens is 256 g/mol. The summed E-state index contributed by atoms with van der Waals surface area (Å²) < 4.78 is 0. The van der Waals surface area contributed by atoms with Crippen LogP contribution in [0.1, 0.15) is 39.0 Å². The predicted molar refractivity (Wildman–Crippen MR) is 80.4 cm³/mol. The zero-order valence-corrected chi connectivity index (χ0v) is 12.8. The molecule has 2 saturated carbocycles. The van der Waals surface area contributed by atoms with Crippen LogP contribution in [0.15, 0.2) is 0 Å². The fourth-order valence-corrected chi connectivity index (χ4v) is 4.65. The van der Waals surface area contributed by atoms with Crippen LogP contribution >= 0.6 is 11.8 Å². The lowest BCUT2D eigenvalue weighted by Gasteiger charge is -2.43. The van der Waals surface area contributed by atoms with Crippen molar-refractivity contribution in [2.24, 2.45) is 11.8 Å². The van der Waals surface area contributed by atoms with Crippen molar-refractivity contribution in [1.29, 1.82) is 0 Å². The maximum absolute atomic E-state index is 12.1. The summed E-state index contributed by atoms with van der Waals surface area (Å²) >= 11 is 2.07. The molecule has 0 aromatic heterocycles. The summed E-state index contributed by atoms with van der Waals surface area (Å²) in [5.74, 6) is 3.76. The minimum Gasteiger partial charge on any atom is -0.354 e. The van der Waals surface area contributed by atoms with Crippen LogP contribution in [0.25, 0.3) is 0 Å². The highest BCUT2D eigenvalue weighted by atomic mass is 32.2. The van der Waals surface area contributed by atoms with Gasteiger partial charge in [-0.15, -0.1) is 0 Å². The molecule has 108 valence electrons. The van der Waals surface area contributed by atoms with E-state index >= 15 is 0 Å². The number of thioether (sulfide) groups is 1. The van der Waals surface area contributed by atoms with Crippen LogP contribution in [-0.4, -0.2) is 47.5 Å². The van der Waals surface area contributed by atoms with Crippen LogP contribution in [0.4, 0.5) is 0 Å². The summed E-state index contributed by atoms with van der Waals surface area (Å²) in [5.41, 5.74) is 0.286. The molecule has 19 heavy (non-hydrogen) atoms. The molecule has 3 rings (SSSR count). The highest BCUT2D eigenvalue weighted by Crippen LogP contribution is 2.39. The molecule has 1 heterocycles. The Hall–Kier alpha value is -0.220. The Morgan fingerprint density at radius 1 is 1.32 bits per heavy atom. The van der Waals surface area contributed by atoms with E-state index < -0.39 is 0 Å². The van der Waals surface area contributed by atoms with E-state index in [0.29, 0.717) is 17.7 Å². The lowest BCUT2D eigenvalue weighted by molar-refractivity contribution is -0.123. The summed E-state index contributed by atoms with van der Waals surface area (Å²) in [4.78, 5) is 14.7. The van der Waals surface area contributed by atoms with Crippen molar-refractivity contribution in [1.82, 2.24) is 10.2 Å². The Bertz CT molecular complexity index is 335. The number of hydrogen-bond acceptors (Lipinski definition) is 3. The van der Waals surface area contributed by atoms with Crippen molar-refractivity contribution in [2.75, 3.05) is 31.1 Å². The van der Waals surface area contributed by atoms with Crippen molar-refractivity contribution >= 4 is 17.7 Å². The Morgan fingerprint density at radius 3 is 2.53 bits per heavy atom. The Labute approximate surface area is 120 Å². The molecule has 0 aromatic rings. The van der Waals surface area contributed by atoms with Gasteiger partial charge in [-0.05, 0) is 25.2 Å². The van der Waals surface area contributed by atoms with Crippen molar-refractivity contribution in [3.63, 3.8) is 0 Å². The third-order valence-corrected chi connectivity index (χ3v) is 6.20. The lowest BCUT2D eigenvalue weighted by Crippen LogP contribution is -2.56. The first kappa shape index (κ1) is 13.7. The summed E-state index contributed by atoms with van der Waals surface area (Å²) in [6.45, 7) is 5.48. The van der Waals surface area contributed by atoms with Gasteiger partial charge in [-0.25, -0.2) is 0 Å². The standard InChI is InChI=1S/C15H26N2OS/c1-12-10-13(12)14(18)16-11-15(4-2-3-5-15)17-6-8-19-9-7-17/h12-13H,2-11H2,1H3,(H,16,18). The maximum atomic E-state index is 12.1. The van der Waals surface area contributed by atoms with E-state index in [0.717, 1.165) is 13.0 Å². The summed E-state index contributed by atoms with van der Waals surface area (Å²) in [7, 11) is 0. The molecule has 2 atom stereocenters. The van der Waals surface area contributed by atoms with Crippen molar-refractivity contribution in [2.45, 2.75) is 44.6 Å². The van der Waals surface area contributed by atoms with Crippen LogP contribution < -0.4 is 5.32 Å². The molecule has 2 unspecified atom stereocenters. The molecule has 0 aromatic carbocycles. The number of hydrogen-bond donors (Lipinski definition) is 1. The largest absolute Gasteiger partial charge is 0.354 e. The first-order valence-corrected chi connectivity index (χ1v) is 8.97. The topological polar surface area (TPSA) is 32.3 Å². The molecule has 1 aliphatic heterocycles. The van der Waals surface area contributed by atoms with Gasteiger partial charge in [-0.3, -0.25) is 9.69 Å². The van der Waals surface area contributed by atoms with E-state index in [1.54, 1.807) is 0 Å². The smallest absolute Gasteiger partial charge is 0.223 e. The monoisotopic (exact) mass is 282 g/mol. The third kappa shape index (κ3) is 2.94. The summed E-state index contributed by atoms with van der Waals surface area (Å²) in [6.07, 6.45) is 6.31. The van der Waals surface area contributed by atoms with Crippen LogP contribution in [0.3, 0.4) is 0 Å². The van der Waals surface area contributed by atoms with Crippen LogP contribution in [0.2, 0.25) is 0 Å². The van der Waals surface area contributed by atoms with Gasteiger partial charge < -0.3 is 5.32 Å². The molecule has 3 fully saturated rings. The fourth-order valence-electron chi connectivity index (χ4n) is 3.75. The van der Waals surface area contributed by atoms with Gasteiger partial charge in [-0.2, -0.15) is 11.8 Å². The molecule has 3 aliphatic rings. The second kappa shape index (κ2) is 5.65. The SMILES string of the molecule is CC1CC1C(=O)NCC1(N2CCSCC2)CCCC1. The molecule has 1 N–H and O–H groups in total. The van der Waals surface area contributed by atoms with Gasteiger partial charge in [0.2, 0.25) is 5.91 Å². The Balaban J connectivity index is 1.58. The zero-order valence-electron chi connectivity index (χ0n) is 12.0. The second-order valence-electron chi connectivity index (χ2n) is 6.57. The molecule has 2 aliphatic carbocycles. The van der Waals surface area contributed by atoms with Crippen LogP contribution in [0.5, 0.6) is 0 Å². The highest BCUT2D eigenvalue weighted by Gasteiger charge is 2.43. The summed E-state index contributed by atoms with van der Waals surface area (Å²) in [5, 5.41) is 3.27. The van der Waals surface area contributed by atoms with Crippen molar-refractivity contribution in [3.8, 4) is 0 Å².